The monoisotopic (exact) mass is 296 g/mol. The van der Waals surface area contributed by atoms with E-state index in [9.17, 15) is 9.90 Å². The summed E-state index contributed by atoms with van der Waals surface area (Å²) in [6.07, 6.45) is -0.904. The van der Waals surface area contributed by atoms with Crippen molar-refractivity contribution < 1.29 is 19.4 Å². The second-order valence-electron chi connectivity index (χ2n) is 5.14. The number of aliphatic hydroxyl groups excluding tert-OH is 1. The molecule has 6 nitrogen and oxygen atoms in total. The van der Waals surface area contributed by atoms with Crippen LogP contribution in [-0.4, -0.2) is 37.8 Å². The van der Waals surface area contributed by atoms with Gasteiger partial charge in [-0.05, 0) is 24.1 Å². The summed E-state index contributed by atoms with van der Waals surface area (Å²) in [7, 11) is 3.06. The molecular weight excluding hydrogens is 272 g/mol. The fourth-order valence-corrected chi connectivity index (χ4v) is 1.83. The van der Waals surface area contributed by atoms with Crippen molar-refractivity contribution >= 4 is 5.91 Å². The van der Waals surface area contributed by atoms with Crippen molar-refractivity contribution in [1.82, 2.24) is 5.32 Å². The Morgan fingerprint density at radius 3 is 2.52 bits per heavy atom. The summed E-state index contributed by atoms with van der Waals surface area (Å²) >= 11 is 0. The molecule has 0 radical (unpaired) electrons. The second kappa shape index (κ2) is 7.85. The SMILES string of the molecule is COc1ccc(OC)c(C(O)CNC(=O)[C@@H](N)C(C)C)c1. The highest BCUT2D eigenvalue weighted by Gasteiger charge is 2.20. The van der Waals surface area contributed by atoms with Gasteiger partial charge in [-0.15, -0.1) is 0 Å². The molecule has 1 unspecified atom stereocenters. The Labute approximate surface area is 125 Å². The fraction of sp³-hybridized carbons (Fsp3) is 0.533. The van der Waals surface area contributed by atoms with Gasteiger partial charge in [-0.3, -0.25) is 4.79 Å². The highest BCUT2D eigenvalue weighted by molar-refractivity contribution is 5.81. The Morgan fingerprint density at radius 2 is 2.00 bits per heavy atom. The number of aliphatic hydroxyl groups is 1. The van der Waals surface area contributed by atoms with Crippen LogP contribution in [0.4, 0.5) is 0 Å². The molecule has 4 N–H and O–H groups in total. The fourth-order valence-electron chi connectivity index (χ4n) is 1.83. The van der Waals surface area contributed by atoms with Gasteiger partial charge in [-0.1, -0.05) is 13.8 Å². The molecule has 0 aliphatic rings. The number of nitrogens with one attached hydrogen (secondary N) is 1. The maximum absolute atomic E-state index is 11.8. The molecule has 0 saturated carbocycles. The van der Waals surface area contributed by atoms with E-state index < -0.39 is 12.1 Å². The highest BCUT2D eigenvalue weighted by Crippen LogP contribution is 2.29. The summed E-state index contributed by atoms with van der Waals surface area (Å²) in [5, 5.41) is 12.9. The predicted molar refractivity (Wildman–Crippen MR) is 80.3 cm³/mol. The standard InChI is InChI=1S/C15H24N2O4/c1-9(2)14(16)15(19)17-8-12(18)11-7-10(20-3)5-6-13(11)21-4/h5-7,9,12,14,18H,8,16H2,1-4H3,(H,17,19)/t12?,14-/m0/s1. The van der Waals surface area contributed by atoms with Gasteiger partial charge in [0.15, 0.2) is 0 Å². The van der Waals surface area contributed by atoms with Gasteiger partial charge in [0.2, 0.25) is 5.91 Å². The summed E-state index contributed by atoms with van der Waals surface area (Å²) in [6.45, 7) is 3.79. The molecule has 1 rings (SSSR count). The van der Waals surface area contributed by atoms with E-state index in [1.54, 1.807) is 25.3 Å². The lowest BCUT2D eigenvalue weighted by atomic mass is 10.0. The highest BCUT2D eigenvalue weighted by atomic mass is 16.5. The third-order valence-corrected chi connectivity index (χ3v) is 3.29. The van der Waals surface area contributed by atoms with Gasteiger partial charge >= 0.3 is 0 Å². The molecule has 0 heterocycles. The first-order valence-corrected chi connectivity index (χ1v) is 6.84. The maximum atomic E-state index is 11.8. The van der Waals surface area contributed by atoms with E-state index in [4.69, 9.17) is 15.2 Å². The van der Waals surface area contributed by atoms with E-state index in [1.165, 1.54) is 7.11 Å². The number of benzene rings is 1. The van der Waals surface area contributed by atoms with E-state index in [0.29, 0.717) is 17.1 Å². The van der Waals surface area contributed by atoms with Crippen LogP contribution in [0.5, 0.6) is 11.5 Å². The molecule has 1 amide bonds. The molecule has 1 aromatic carbocycles. The second-order valence-corrected chi connectivity index (χ2v) is 5.14. The molecule has 0 fully saturated rings. The number of hydrogen-bond acceptors (Lipinski definition) is 5. The van der Waals surface area contributed by atoms with E-state index in [-0.39, 0.29) is 18.4 Å². The lowest BCUT2D eigenvalue weighted by Gasteiger charge is -2.19. The van der Waals surface area contributed by atoms with Crippen LogP contribution in [0, 0.1) is 5.92 Å². The number of hydrogen-bond donors (Lipinski definition) is 3. The minimum Gasteiger partial charge on any atom is -0.497 e. The Morgan fingerprint density at radius 1 is 1.33 bits per heavy atom. The van der Waals surface area contributed by atoms with Crippen LogP contribution in [-0.2, 0) is 4.79 Å². The normalized spacial score (nSPS) is 13.7. The Balaban J connectivity index is 2.75. The van der Waals surface area contributed by atoms with Gasteiger partial charge < -0.3 is 25.6 Å². The van der Waals surface area contributed by atoms with Gasteiger partial charge in [-0.25, -0.2) is 0 Å². The first-order valence-electron chi connectivity index (χ1n) is 6.84. The molecule has 0 aliphatic heterocycles. The van der Waals surface area contributed by atoms with Crippen LogP contribution < -0.4 is 20.5 Å². The first-order chi connectivity index (χ1) is 9.90. The van der Waals surface area contributed by atoms with E-state index in [0.717, 1.165) is 0 Å². The van der Waals surface area contributed by atoms with Gasteiger partial charge in [0.25, 0.3) is 0 Å². The lowest BCUT2D eigenvalue weighted by Crippen LogP contribution is -2.45. The number of carbonyl (C=O) groups excluding carboxylic acids is 1. The Bertz CT molecular complexity index is 477. The maximum Gasteiger partial charge on any atom is 0.237 e. The Kier molecular flexibility index (Phi) is 6.45. The van der Waals surface area contributed by atoms with Crippen LogP contribution in [0.15, 0.2) is 18.2 Å². The van der Waals surface area contributed by atoms with E-state index in [2.05, 4.69) is 5.32 Å². The zero-order valence-corrected chi connectivity index (χ0v) is 12.9. The largest absolute Gasteiger partial charge is 0.497 e. The van der Waals surface area contributed by atoms with E-state index >= 15 is 0 Å². The zero-order chi connectivity index (χ0) is 16.0. The van der Waals surface area contributed by atoms with Gasteiger partial charge in [0, 0.05) is 12.1 Å². The summed E-state index contributed by atoms with van der Waals surface area (Å²) in [5.74, 6) is 0.889. The Hall–Kier alpha value is -1.79. The minimum absolute atomic E-state index is 0.0356. The lowest BCUT2D eigenvalue weighted by molar-refractivity contribution is -0.123. The molecule has 21 heavy (non-hydrogen) atoms. The smallest absolute Gasteiger partial charge is 0.237 e. The number of methoxy groups -OCH3 is 2. The first kappa shape index (κ1) is 17.3. The number of amides is 1. The summed E-state index contributed by atoms with van der Waals surface area (Å²) in [5.41, 5.74) is 6.30. The van der Waals surface area contributed by atoms with Crippen LogP contribution in [0.1, 0.15) is 25.5 Å². The van der Waals surface area contributed by atoms with Crippen molar-refractivity contribution in [1.29, 1.82) is 0 Å². The zero-order valence-electron chi connectivity index (χ0n) is 12.9. The molecule has 0 saturated heterocycles. The van der Waals surface area contributed by atoms with Crippen LogP contribution in [0.3, 0.4) is 0 Å². The van der Waals surface area contributed by atoms with Crippen molar-refractivity contribution in [3.05, 3.63) is 23.8 Å². The van der Waals surface area contributed by atoms with Crippen LogP contribution in [0.2, 0.25) is 0 Å². The van der Waals surface area contributed by atoms with Crippen molar-refractivity contribution in [2.24, 2.45) is 11.7 Å². The summed E-state index contributed by atoms with van der Waals surface area (Å²) < 4.78 is 10.3. The third-order valence-electron chi connectivity index (χ3n) is 3.29. The molecule has 1 aromatic rings. The molecule has 6 heteroatoms. The number of carbonyl (C=O) groups is 1. The molecule has 118 valence electrons. The molecule has 0 spiro atoms. The van der Waals surface area contributed by atoms with Crippen molar-refractivity contribution in [3.8, 4) is 11.5 Å². The summed E-state index contributed by atoms with van der Waals surface area (Å²) in [6, 6.07) is 4.53. The topological polar surface area (TPSA) is 93.8 Å². The van der Waals surface area contributed by atoms with Gasteiger partial charge in [-0.2, -0.15) is 0 Å². The van der Waals surface area contributed by atoms with Crippen molar-refractivity contribution in [2.75, 3.05) is 20.8 Å². The predicted octanol–water partition coefficient (Wildman–Crippen LogP) is 0.837. The number of rotatable bonds is 7. The molecular formula is C15H24N2O4. The number of nitrogens with two attached hydrogens (primary N) is 1. The van der Waals surface area contributed by atoms with Crippen LogP contribution in [0.25, 0.3) is 0 Å². The van der Waals surface area contributed by atoms with Gasteiger partial charge in [0.1, 0.15) is 11.5 Å². The van der Waals surface area contributed by atoms with E-state index in [1.807, 2.05) is 13.8 Å². The average molecular weight is 296 g/mol. The van der Waals surface area contributed by atoms with Crippen molar-refractivity contribution in [2.45, 2.75) is 26.0 Å². The quantitative estimate of drug-likeness (QED) is 0.693. The summed E-state index contributed by atoms with van der Waals surface area (Å²) in [4.78, 5) is 11.8. The molecule has 0 aromatic heterocycles. The third kappa shape index (κ3) is 4.61. The average Bonchev–Trinajstić information content (AvgIpc) is 2.50. The van der Waals surface area contributed by atoms with Crippen LogP contribution >= 0.6 is 0 Å². The molecule has 0 bridgehead atoms. The van der Waals surface area contributed by atoms with Gasteiger partial charge in [0.05, 0.1) is 26.4 Å². The number of ether oxygens (including phenoxy) is 2. The molecule has 2 atom stereocenters. The van der Waals surface area contributed by atoms with Crippen molar-refractivity contribution in [3.63, 3.8) is 0 Å². The molecule has 0 aliphatic carbocycles. The minimum atomic E-state index is -0.904.